The van der Waals surface area contributed by atoms with Gasteiger partial charge >= 0.3 is 0 Å². The fourth-order valence-electron chi connectivity index (χ4n) is 2.18. The molecule has 92 valence electrons. The summed E-state index contributed by atoms with van der Waals surface area (Å²) in [5.41, 5.74) is 0. The van der Waals surface area contributed by atoms with Crippen molar-refractivity contribution in [3.63, 3.8) is 0 Å². The van der Waals surface area contributed by atoms with Crippen LogP contribution in [0.2, 0.25) is 0 Å². The number of likely N-dealkylation sites (N-methyl/N-ethyl adjacent to an activating group) is 2. The van der Waals surface area contributed by atoms with Crippen molar-refractivity contribution >= 4 is 0 Å². The Morgan fingerprint density at radius 2 is 2.12 bits per heavy atom. The molecule has 0 aliphatic carbocycles. The third-order valence-electron chi connectivity index (χ3n) is 3.29. The molecule has 0 N–H and O–H groups in total. The molecule has 1 aliphatic heterocycles. The van der Waals surface area contributed by atoms with Gasteiger partial charge in [0.2, 0.25) is 0 Å². The smallest absolute Gasteiger partial charge is 0.0866 e. The summed E-state index contributed by atoms with van der Waals surface area (Å²) in [6.45, 7) is 5.14. The molecule has 0 amide bonds. The van der Waals surface area contributed by atoms with E-state index in [0.717, 1.165) is 19.6 Å². The Bertz CT molecular complexity index is 234. The third kappa shape index (κ3) is 4.48. The Morgan fingerprint density at radius 3 is 2.75 bits per heavy atom. The summed E-state index contributed by atoms with van der Waals surface area (Å²) in [6.07, 6.45) is 2.49. The van der Waals surface area contributed by atoms with E-state index in [-0.39, 0.29) is 0 Å². The van der Waals surface area contributed by atoms with Crippen molar-refractivity contribution in [3.8, 4) is 6.07 Å². The predicted octanol–water partition coefficient (Wildman–Crippen LogP) is 0.468. The Labute approximate surface area is 99.4 Å². The quantitative estimate of drug-likeness (QED) is 0.636. The first-order valence-corrected chi connectivity index (χ1v) is 6.07. The van der Waals surface area contributed by atoms with Gasteiger partial charge in [-0.15, -0.1) is 0 Å². The van der Waals surface area contributed by atoms with Gasteiger partial charge in [0.15, 0.2) is 0 Å². The second-order valence-electron chi connectivity index (χ2n) is 4.97. The number of nitrogens with zero attached hydrogens (tertiary/aromatic N) is 4. The van der Waals surface area contributed by atoms with Gasteiger partial charge in [-0.2, -0.15) is 5.26 Å². The molecule has 0 aromatic rings. The zero-order valence-corrected chi connectivity index (χ0v) is 10.8. The largest absolute Gasteiger partial charge is 0.308 e. The molecule has 1 aliphatic rings. The second kappa shape index (κ2) is 6.85. The zero-order chi connectivity index (χ0) is 12.0. The molecule has 1 rings (SSSR count). The molecule has 0 spiro atoms. The van der Waals surface area contributed by atoms with Crippen LogP contribution in [0.25, 0.3) is 0 Å². The highest BCUT2D eigenvalue weighted by Gasteiger charge is 2.22. The summed E-state index contributed by atoms with van der Waals surface area (Å²) in [7, 11) is 6.29. The van der Waals surface area contributed by atoms with Gasteiger partial charge in [-0.25, -0.2) is 0 Å². The Balaban J connectivity index is 2.32. The average molecular weight is 224 g/mol. The average Bonchev–Trinajstić information content (AvgIpc) is 2.27. The number of hydrogen-bond acceptors (Lipinski definition) is 4. The van der Waals surface area contributed by atoms with Gasteiger partial charge < -0.3 is 9.80 Å². The van der Waals surface area contributed by atoms with E-state index in [9.17, 15) is 0 Å². The molecule has 1 heterocycles. The highest BCUT2D eigenvalue weighted by molar-refractivity contribution is 4.84. The van der Waals surface area contributed by atoms with Crippen LogP contribution in [0.4, 0.5) is 0 Å². The van der Waals surface area contributed by atoms with E-state index in [1.807, 2.05) is 0 Å². The minimum atomic E-state index is 0.548. The van der Waals surface area contributed by atoms with Gasteiger partial charge in [0.05, 0.1) is 12.6 Å². The van der Waals surface area contributed by atoms with Crippen LogP contribution in [0.5, 0.6) is 0 Å². The first-order chi connectivity index (χ1) is 7.63. The van der Waals surface area contributed by atoms with Crippen LogP contribution in [0, 0.1) is 11.3 Å². The normalized spacial score (nSPS) is 22.6. The van der Waals surface area contributed by atoms with Crippen LogP contribution in [0.1, 0.15) is 12.8 Å². The molecule has 1 unspecified atom stereocenters. The van der Waals surface area contributed by atoms with Crippen molar-refractivity contribution in [1.29, 1.82) is 5.26 Å². The SMILES string of the molecule is CN(C)CCN1CCCC(N(C)CC#N)C1. The molecule has 0 radical (unpaired) electrons. The van der Waals surface area contributed by atoms with E-state index >= 15 is 0 Å². The van der Waals surface area contributed by atoms with Gasteiger partial charge in [-0.1, -0.05) is 0 Å². The van der Waals surface area contributed by atoms with Crippen LogP contribution in [0.15, 0.2) is 0 Å². The molecule has 1 fully saturated rings. The van der Waals surface area contributed by atoms with Crippen LogP contribution in [-0.4, -0.2) is 74.6 Å². The lowest BCUT2D eigenvalue weighted by molar-refractivity contribution is 0.119. The standard InChI is InChI=1S/C12H24N4/c1-14(2)9-10-16-7-4-5-12(11-16)15(3)8-6-13/h12H,4-5,7-11H2,1-3H3. The van der Waals surface area contributed by atoms with E-state index in [1.165, 1.54) is 19.4 Å². The molecule has 4 heteroatoms. The topological polar surface area (TPSA) is 33.5 Å². The molecule has 0 aromatic heterocycles. The van der Waals surface area contributed by atoms with Gasteiger partial charge in [0.1, 0.15) is 0 Å². The van der Waals surface area contributed by atoms with E-state index in [4.69, 9.17) is 5.26 Å². The highest BCUT2D eigenvalue weighted by Crippen LogP contribution is 2.14. The lowest BCUT2D eigenvalue weighted by atomic mass is 10.0. The highest BCUT2D eigenvalue weighted by atomic mass is 15.2. The molecule has 0 aromatic carbocycles. The Morgan fingerprint density at radius 1 is 1.38 bits per heavy atom. The van der Waals surface area contributed by atoms with Crippen molar-refractivity contribution in [2.24, 2.45) is 0 Å². The summed E-state index contributed by atoms with van der Waals surface area (Å²) >= 11 is 0. The van der Waals surface area contributed by atoms with Gasteiger partial charge in [-0.05, 0) is 40.5 Å². The second-order valence-corrected chi connectivity index (χ2v) is 4.97. The third-order valence-corrected chi connectivity index (χ3v) is 3.29. The Kier molecular flexibility index (Phi) is 5.75. The summed E-state index contributed by atoms with van der Waals surface area (Å²) in [4.78, 5) is 6.92. The predicted molar refractivity (Wildman–Crippen MR) is 66.3 cm³/mol. The number of hydrogen-bond donors (Lipinski definition) is 0. The van der Waals surface area contributed by atoms with Crippen LogP contribution in [0.3, 0.4) is 0 Å². The van der Waals surface area contributed by atoms with Crippen LogP contribution in [-0.2, 0) is 0 Å². The lowest BCUT2D eigenvalue weighted by Gasteiger charge is -2.37. The molecule has 4 nitrogen and oxygen atoms in total. The van der Waals surface area contributed by atoms with Crippen LogP contribution < -0.4 is 0 Å². The zero-order valence-electron chi connectivity index (χ0n) is 10.8. The van der Waals surface area contributed by atoms with Gasteiger partial charge in [-0.3, -0.25) is 4.90 Å². The Hall–Kier alpha value is -0.630. The molecular formula is C12H24N4. The van der Waals surface area contributed by atoms with E-state index in [1.54, 1.807) is 0 Å². The first kappa shape index (κ1) is 13.4. The summed E-state index contributed by atoms with van der Waals surface area (Å²) in [5, 5.41) is 8.70. The lowest BCUT2D eigenvalue weighted by Crippen LogP contribution is -2.48. The monoisotopic (exact) mass is 224 g/mol. The minimum absolute atomic E-state index is 0.548. The van der Waals surface area contributed by atoms with Gasteiger partial charge in [0.25, 0.3) is 0 Å². The van der Waals surface area contributed by atoms with E-state index in [0.29, 0.717) is 12.6 Å². The minimum Gasteiger partial charge on any atom is -0.308 e. The fraction of sp³-hybridized carbons (Fsp3) is 0.917. The van der Waals surface area contributed by atoms with E-state index in [2.05, 4.69) is 41.9 Å². The molecule has 0 saturated carbocycles. The first-order valence-electron chi connectivity index (χ1n) is 6.07. The maximum atomic E-state index is 8.70. The summed E-state index contributed by atoms with van der Waals surface area (Å²) in [6, 6.07) is 2.79. The van der Waals surface area contributed by atoms with Crippen LogP contribution >= 0.6 is 0 Å². The van der Waals surface area contributed by atoms with Crippen molar-refractivity contribution in [2.45, 2.75) is 18.9 Å². The number of rotatable bonds is 5. The molecule has 1 saturated heterocycles. The number of nitriles is 1. The summed E-state index contributed by atoms with van der Waals surface area (Å²) in [5.74, 6) is 0. The van der Waals surface area contributed by atoms with Crippen molar-refractivity contribution in [1.82, 2.24) is 14.7 Å². The molecule has 1 atom stereocenters. The van der Waals surface area contributed by atoms with Crippen molar-refractivity contribution < 1.29 is 0 Å². The maximum absolute atomic E-state index is 8.70. The fourth-order valence-corrected chi connectivity index (χ4v) is 2.18. The maximum Gasteiger partial charge on any atom is 0.0866 e. The molecule has 0 bridgehead atoms. The number of likely N-dealkylation sites (tertiary alicyclic amines) is 1. The van der Waals surface area contributed by atoms with E-state index < -0.39 is 0 Å². The molecule has 16 heavy (non-hydrogen) atoms. The van der Waals surface area contributed by atoms with Gasteiger partial charge in [0, 0.05) is 25.7 Å². The number of piperidine rings is 1. The summed E-state index contributed by atoms with van der Waals surface area (Å²) < 4.78 is 0. The van der Waals surface area contributed by atoms with Crippen molar-refractivity contribution in [2.75, 3.05) is 53.9 Å². The van der Waals surface area contributed by atoms with Crippen molar-refractivity contribution in [3.05, 3.63) is 0 Å². The molecular weight excluding hydrogens is 200 g/mol.